The summed E-state index contributed by atoms with van der Waals surface area (Å²) in [5.74, 6) is -0.166. The summed E-state index contributed by atoms with van der Waals surface area (Å²) < 4.78 is 30.3. The molecule has 1 spiro atoms. The fourth-order valence-corrected chi connectivity index (χ4v) is 6.68. The van der Waals surface area contributed by atoms with Crippen LogP contribution in [0.25, 0.3) is 0 Å². The first kappa shape index (κ1) is 27.7. The first-order chi connectivity index (χ1) is 18.8. The maximum atomic E-state index is 13.7. The van der Waals surface area contributed by atoms with Gasteiger partial charge in [-0.1, -0.05) is 36.4 Å². The largest absolute Gasteiger partial charge is 0.444 e. The van der Waals surface area contributed by atoms with E-state index >= 15 is 0 Å². The summed E-state index contributed by atoms with van der Waals surface area (Å²) in [6, 6.07) is 19.0. The number of carbonyl (C=O) groups excluding carboxylic acids is 2. The van der Waals surface area contributed by atoms with Crippen LogP contribution in [-0.2, 0) is 31.4 Å². The molecule has 0 saturated carbocycles. The molecule has 5 rings (SSSR count). The van der Waals surface area contributed by atoms with Crippen LogP contribution >= 0.6 is 0 Å². The number of sulfone groups is 1. The second-order valence-corrected chi connectivity index (χ2v) is 13.3. The second-order valence-electron chi connectivity index (χ2n) is 11.3. The lowest BCUT2D eigenvalue weighted by Gasteiger charge is -2.35. The van der Waals surface area contributed by atoms with Crippen molar-refractivity contribution in [2.24, 2.45) is 0 Å². The Kier molecular flexibility index (Phi) is 6.87. The Morgan fingerprint density at radius 2 is 1.82 bits per heavy atom. The number of aliphatic hydroxyl groups excluding tert-OH is 1. The van der Waals surface area contributed by atoms with Gasteiger partial charge in [0.15, 0.2) is 9.84 Å². The third-order valence-corrected chi connectivity index (χ3v) is 8.52. The molecule has 3 aromatic rings. The predicted octanol–water partition coefficient (Wildman–Crippen LogP) is 4.90. The Labute approximate surface area is 234 Å². The maximum absolute atomic E-state index is 13.7. The van der Waals surface area contributed by atoms with Gasteiger partial charge in [-0.3, -0.25) is 9.69 Å². The molecule has 9 nitrogen and oxygen atoms in total. The molecule has 1 saturated heterocycles. The summed E-state index contributed by atoms with van der Waals surface area (Å²) >= 11 is 0. The standard InChI is InChI=1S/C30H33N3O6S/c1-29(2,3)39-28(36)33-15-14-30(23-10-5-6-11-24(23)32-27(30)35)26(33)19-8-7-9-21(16-19)31-22-13-12-20(18-34)25(17-22)40(4,37)38/h5-13,16-17,26,31,34H,14-15,18H2,1-4H3,(H,32,35)/t26?,30-/m1/s1. The molecular weight excluding hydrogens is 530 g/mol. The Morgan fingerprint density at radius 1 is 1.10 bits per heavy atom. The summed E-state index contributed by atoms with van der Waals surface area (Å²) in [6.45, 7) is 5.35. The van der Waals surface area contributed by atoms with Crippen molar-refractivity contribution in [1.82, 2.24) is 4.90 Å². The molecular formula is C30H33N3O6S. The number of ether oxygens (including phenoxy) is 1. The van der Waals surface area contributed by atoms with Gasteiger partial charge in [0.1, 0.15) is 11.0 Å². The van der Waals surface area contributed by atoms with Gasteiger partial charge in [-0.2, -0.15) is 0 Å². The Bertz CT molecular complexity index is 1600. The van der Waals surface area contributed by atoms with E-state index in [1.54, 1.807) is 37.8 Å². The molecule has 2 aliphatic rings. The number of likely N-dealkylation sites (tertiary alicyclic amines) is 1. The average molecular weight is 564 g/mol. The first-order valence-electron chi connectivity index (χ1n) is 13.0. The number of hydrogen-bond donors (Lipinski definition) is 3. The third-order valence-electron chi connectivity index (χ3n) is 7.34. The third kappa shape index (κ3) is 4.93. The van der Waals surface area contributed by atoms with Gasteiger partial charge in [-0.25, -0.2) is 13.2 Å². The van der Waals surface area contributed by atoms with Gasteiger partial charge < -0.3 is 20.5 Å². The number of anilines is 3. The van der Waals surface area contributed by atoms with Crippen LogP contribution in [0.15, 0.2) is 71.6 Å². The highest BCUT2D eigenvalue weighted by Crippen LogP contribution is 2.55. The van der Waals surface area contributed by atoms with Crippen molar-refractivity contribution < 1.29 is 27.9 Å². The number of para-hydroxylation sites is 1. The highest BCUT2D eigenvalue weighted by Gasteiger charge is 2.60. The monoisotopic (exact) mass is 563 g/mol. The lowest BCUT2D eigenvalue weighted by atomic mass is 9.72. The minimum Gasteiger partial charge on any atom is -0.444 e. The average Bonchev–Trinajstić information content (AvgIpc) is 3.42. The van der Waals surface area contributed by atoms with Crippen LogP contribution in [0, 0.1) is 0 Å². The Hall–Kier alpha value is -3.89. The molecule has 2 aliphatic heterocycles. The molecule has 2 heterocycles. The van der Waals surface area contributed by atoms with Crippen molar-refractivity contribution in [3.05, 3.63) is 83.4 Å². The molecule has 0 radical (unpaired) electrons. The number of nitrogens with one attached hydrogen (secondary N) is 2. The molecule has 0 bridgehead atoms. The minimum absolute atomic E-state index is 0.0428. The van der Waals surface area contributed by atoms with E-state index in [1.807, 2.05) is 48.5 Å². The zero-order chi connectivity index (χ0) is 28.9. The molecule has 2 amide bonds. The topological polar surface area (TPSA) is 125 Å². The predicted molar refractivity (Wildman–Crippen MR) is 152 cm³/mol. The number of benzene rings is 3. The zero-order valence-electron chi connectivity index (χ0n) is 22.9. The molecule has 10 heteroatoms. The van der Waals surface area contributed by atoms with Crippen LogP contribution in [0.5, 0.6) is 0 Å². The normalized spacial score (nSPS) is 20.4. The number of carbonyl (C=O) groups is 2. The van der Waals surface area contributed by atoms with Crippen LogP contribution in [0.1, 0.15) is 49.9 Å². The molecule has 210 valence electrons. The molecule has 2 atom stereocenters. The van der Waals surface area contributed by atoms with Crippen LogP contribution in [0.3, 0.4) is 0 Å². The van der Waals surface area contributed by atoms with E-state index < -0.39 is 39.6 Å². The number of hydrogen-bond acceptors (Lipinski definition) is 7. The SMILES string of the molecule is CC(C)(C)OC(=O)N1CC[C@]2(C(=O)Nc3ccccc32)C1c1cccc(Nc2ccc(CO)c(S(C)(=O)=O)c2)c1. The van der Waals surface area contributed by atoms with Crippen molar-refractivity contribution >= 4 is 38.9 Å². The first-order valence-corrected chi connectivity index (χ1v) is 14.9. The van der Waals surface area contributed by atoms with Gasteiger partial charge in [-0.15, -0.1) is 0 Å². The quantitative estimate of drug-likeness (QED) is 0.403. The zero-order valence-corrected chi connectivity index (χ0v) is 23.7. The van der Waals surface area contributed by atoms with E-state index in [0.717, 1.165) is 23.1 Å². The van der Waals surface area contributed by atoms with Crippen LogP contribution in [0.4, 0.5) is 21.9 Å². The number of fused-ring (bicyclic) bond motifs is 2. The van der Waals surface area contributed by atoms with E-state index in [1.165, 1.54) is 6.07 Å². The number of nitrogens with zero attached hydrogens (tertiary/aromatic N) is 1. The number of amides is 2. The van der Waals surface area contributed by atoms with Crippen LogP contribution in [-0.4, -0.2) is 48.8 Å². The summed E-state index contributed by atoms with van der Waals surface area (Å²) in [6.07, 6.45) is 1.03. The molecule has 1 fully saturated rings. The molecule has 3 aromatic carbocycles. The maximum Gasteiger partial charge on any atom is 0.410 e. The summed E-state index contributed by atoms with van der Waals surface area (Å²) in [5.41, 5.74) is 2.06. The van der Waals surface area contributed by atoms with Gasteiger partial charge in [0.05, 0.1) is 17.5 Å². The Balaban J connectivity index is 1.58. The molecule has 0 aromatic heterocycles. The summed E-state index contributed by atoms with van der Waals surface area (Å²) in [5, 5.41) is 15.8. The van der Waals surface area contributed by atoms with E-state index in [-0.39, 0.29) is 10.8 Å². The minimum atomic E-state index is -3.57. The van der Waals surface area contributed by atoms with E-state index in [2.05, 4.69) is 10.6 Å². The van der Waals surface area contributed by atoms with E-state index in [9.17, 15) is 23.1 Å². The van der Waals surface area contributed by atoms with Crippen molar-refractivity contribution in [3.8, 4) is 0 Å². The van der Waals surface area contributed by atoms with Crippen LogP contribution in [0.2, 0.25) is 0 Å². The number of rotatable bonds is 5. The highest BCUT2D eigenvalue weighted by atomic mass is 32.2. The summed E-state index contributed by atoms with van der Waals surface area (Å²) in [4.78, 5) is 28.8. The van der Waals surface area contributed by atoms with Gasteiger partial charge in [-0.05, 0) is 74.2 Å². The summed E-state index contributed by atoms with van der Waals surface area (Å²) in [7, 11) is -3.57. The van der Waals surface area contributed by atoms with Crippen LogP contribution < -0.4 is 10.6 Å². The van der Waals surface area contributed by atoms with Gasteiger partial charge in [0.2, 0.25) is 5.91 Å². The van der Waals surface area contributed by atoms with E-state index in [4.69, 9.17) is 4.74 Å². The second kappa shape index (κ2) is 9.94. The smallest absolute Gasteiger partial charge is 0.410 e. The van der Waals surface area contributed by atoms with Gasteiger partial charge in [0.25, 0.3) is 0 Å². The van der Waals surface area contributed by atoms with Crippen molar-refractivity contribution in [1.29, 1.82) is 0 Å². The lowest BCUT2D eigenvalue weighted by Crippen LogP contribution is -2.44. The number of aliphatic hydroxyl groups is 1. The molecule has 40 heavy (non-hydrogen) atoms. The van der Waals surface area contributed by atoms with Gasteiger partial charge >= 0.3 is 6.09 Å². The Morgan fingerprint density at radius 3 is 2.52 bits per heavy atom. The molecule has 1 unspecified atom stereocenters. The van der Waals surface area contributed by atoms with Crippen molar-refractivity contribution in [2.75, 3.05) is 23.4 Å². The fraction of sp³-hybridized carbons (Fsp3) is 0.333. The highest BCUT2D eigenvalue weighted by molar-refractivity contribution is 7.90. The lowest BCUT2D eigenvalue weighted by molar-refractivity contribution is -0.121. The molecule has 0 aliphatic carbocycles. The van der Waals surface area contributed by atoms with Crippen molar-refractivity contribution in [3.63, 3.8) is 0 Å². The van der Waals surface area contributed by atoms with E-state index in [0.29, 0.717) is 29.9 Å². The van der Waals surface area contributed by atoms with Gasteiger partial charge in [0, 0.05) is 29.9 Å². The molecule has 3 N–H and O–H groups in total. The van der Waals surface area contributed by atoms with Crippen molar-refractivity contribution in [2.45, 2.75) is 55.8 Å². The fourth-order valence-electron chi connectivity index (χ4n) is 5.73.